The molecule has 0 unspecified atom stereocenters. The van der Waals surface area contributed by atoms with Crippen LogP contribution >= 0.6 is 0 Å². The highest BCUT2D eigenvalue weighted by molar-refractivity contribution is 6.24. The first-order chi connectivity index (χ1) is 24.6. The van der Waals surface area contributed by atoms with Crippen LogP contribution in [0, 0.1) is 10.1 Å². The molecule has 0 fully saturated rings. The smallest absolute Gasteiger partial charge is 0.421 e. The molecule has 53 heavy (non-hydrogen) atoms. The van der Waals surface area contributed by atoms with E-state index in [9.17, 15) is 24.8 Å². The number of non-ortho nitro benzene ring substituents is 1. The van der Waals surface area contributed by atoms with Gasteiger partial charge in [0.1, 0.15) is 22.5 Å². The Labute approximate surface area is 309 Å². The van der Waals surface area contributed by atoms with E-state index in [4.69, 9.17) is 14.2 Å². The van der Waals surface area contributed by atoms with Crippen LogP contribution < -0.4 is 9.64 Å². The Hall–Kier alpha value is -5.45. The number of hydrogen-bond donors (Lipinski definition) is 1. The van der Waals surface area contributed by atoms with Crippen molar-refractivity contribution < 1.29 is 38.6 Å². The number of phenols is 1. The Morgan fingerprint density at radius 1 is 0.925 bits per heavy atom. The Bertz CT molecular complexity index is 2150. The Morgan fingerprint density at radius 2 is 1.55 bits per heavy atom. The summed E-state index contributed by atoms with van der Waals surface area (Å²) in [4.78, 5) is 57.0. The Balaban J connectivity index is 1.86. The van der Waals surface area contributed by atoms with E-state index < -0.39 is 56.8 Å². The number of fused-ring (bicyclic) bond motifs is 5. The van der Waals surface area contributed by atoms with Gasteiger partial charge in [-0.3, -0.25) is 14.9 Å². The van der Waals surface area contributed by atoms with Gasteiger partial charge in [0.25, 0.3) is 11.6 Å². The summed E-state index contributed by atoms with van der Waals surface area (Å²) in [6, 6.07) is 18.6. The highest BCUT2D eigenvalue weighted by Crippen LogP contribution is 2.61. The molecule has 2 amide bonds. The standard InChI is InChI=1S/C42H46N2O9/c1-11-51-36(46)35-42(27-22-25(44(49)50)17-18-30(27)43(37(42)47)38(48)53-41(8,9)10)33(32-26-15-13-12-14-23(26)16-19-31(32)52-35)24-20-28(39(2,3)4)34(45)29(21-24)40(5,6)7/h12-22,33,35,45H,11H2,1-10H3/t33-,35-,42+/m1/s1. The molecule has 278 valence electrons. The number of esters is 1. The maximum Gasteiger partial charge on any atom is 0.421 e. The minimum Gasteiger partial charge on any atom is -0.507 e. The van der Waals surface area contributed by atoms with Crippen molar-refractivity contribution in [1.82, 2.24) is 0 Å². The summed E-state index contributed by atoms with van der Waals surface area (Å²) in [5, 5.41) is 25.8. The van der Waals surface area contributed by atoms with Crippen LogP contribution in [0.5, 0.6) is 11.5 Å². The largest absolute Gasteiger partial charge is 0.507 e. The minimum absolute atomic E-state index is 0.0207. The molecule has 6 rings (SSSR count). The molecular formula is C42H46N2O9. The predicted octanol–water partition coefficient (Wildman–Crippen LogP) is 8.72. The molecule has 2 aliphatic heterocycles. The number of nitro benzene ring substituents is 1. The van der Waals surface area contributed by atoms with Crippen molar-refractivity contribution in [1.29, 1.82) is 0 Å². The quantitative estimate of drug-likeness (QED) is 0.124. The average molecular weight is 723 g/mol. The summed E-state index contributed by atoms with van der Waals surface area (Å²) in [6.07, 6.45) is -2.73. The van der Waals surface area contributed by atoms with Crippen LogP contribution in [0.2, 0.25) is 0 Å². The van der Waals surface area contributed by atoms with Crippen molar-refractivity contribution in [3.05, 3.63) is 105 Å². The second-order valence-corrected chi connectivity index (χ2v) is 16.8. The lowest BCUT2D eigenvalue weighted by atomic mass is 9.59. The summed E-state index contributed by atoms with van der Waals surface area (Å²) < 4.78 is 18.0. The van der Waals surface area contributed by atoms with Crippen molar-refractivity contribution in [3.8, 4) is 11.5 Å². The van der Waals surface area contributed by atoms with E-state index in [1.807, 2.05) is 84.0 Å². The number of nitrogens with zero attached hydrogens (tertiary/aromatic N) is 2. The zero-order valence-electron chi connectivity index (χ0n) is 31.8. The van der Waals surface area contributed by atoms with Gasteiger partial charge in [0, 0.05) is 29.2 Å². The van der Waals surface area contributed by atoms with E-state index >= 15 is 4.79 Å². The molecule has 0 radical (unpaired) electrons. The molecule has 11 heteroatoms. The Kier molecular flexibility index (Phi) is 8.87. The van der Waals surface area contributed by atoms with Crippen molar-refractivity contribution in [2.45, 2.75) is 103 Å². The van der Waals surface area contributed by atoms with Gasteiger partial charge < -0.3 is 19.3 Å². The molecule has 1 N–H and O–H groups in total. The van der Waals surface area contributed by atoms with Crippen molar-refractivity contribution in [3.63, 3.8) is 0 Å². The van der Waals surface area contributed by atoms with Crippen LogP contribution in [0.15, 0.2) is 66.7 Å². The van der Waals surface area contributed by atoms with Gasteiger partial charge in [-0.2, -0.15) is 0 Å². The van der Waals surface area contributed by atoms with Gasteiger partial charge in [-0.25, -0.2) is 14.5 Å². The number of ether oxygens (including phenoxy) is 3. The predicted molar refractivity (Wildman–Crippen MR) is 201 cm³/mol. The maximum atomic E-state index is 15.7. The molecule has 11 nitrogen and oxygen atoms in total. The summed E-state index contributed by atoms with van der Waals surface area (Å²) in [7, 11) is 0. The zero-order chi connectivity index (χ0) is 39.0. The number of phenolic OH excluding ortho intramolecular Hbond substituents is 1. The molecule has 4 aromatic carbocycles. The molecular weight excluding hydrogens is 676 g/mol. The van der Waals surface area contributed by atoms with Crippen molar-refractivity contribution >= 4 is 40.1 Å². The number of carbonyl (C=O) groups is 3. The lowest BCUT2D eigenvalue weighted by molar-refractivity contribution is -0.384. The number of hydrogen-bond acceptors (Lipinski definition) is 9. The monoisotopic (exact) mass is 722 g/mol. The molecule has 3 atom stereocenters. The number of benzene rings is 4. The molecule has 0 saturated heterocycles. The number of aromatic hydroxyl groups is 1. The van der Waals surface area contributed by atoms with E-state index in [0.29, 0.717) is 33.4 Å². The van der Waals surface area contributed by atoms with E-state index in [2.05, 4.69) is 0 Å². The number of rotatable bonds is 4. The summed E-state index contributed by atoms with van der Waals surface area (Å²) >= 11 is 0. The number of carbonyl (C=O) groups excluding carboxylic acids is 3. The SMILES string of the molecule is CCOC(=O)[C@H]1Oc2ccc3ccccc3c2[C@@H](c2cc(C(C)(C)C)c(O)c(C(C)(C)C)c2)[C@]12C(=O)N(C(=O)OC(C)(C)C)c1ccc([N+](=O)[O-])cc12. The van der Waals surface area contributed by atoms with E-state index in [1.54, 1.807) is 33.8 Å². The van der Waals surface area contributed by atoms with Crippen LogP contribution in [0.4, 0.5) is 16.2 Å². The summed E-state index contributed by atoms with van der Waals surface area (Å²) in [6.45, 7) is 18.3. The first kappa shape index (κ1) is 37.3. The van der Waals surface area contributed by atoms with Gasteiger partial charge in [0.05, 0.1) is 17.2 Å². The zero-order valence-corrected chi connectivity index (χ0v) is 31.8. The fourth-order valence-corrected chi connectivity index (χ4v) is 7.72. The van der Waals surface area contributed by atoms with Gasteiger partial charge in [0.2, 0.25) is 6.10 Å². The lowest BCUT2D eigenvalue weighted by Crippen LogP contribution is -2.61. The van der Waals surface area contributed by atoms with Gasteiger partial charge in [-0.1, -0.05) is 84.0 Å². The number of nitro groups is 1. The molecule has 4 aromatic rings. The molecule has 2 heterocycles. The second kappa shape index (κ2) is 12.6. The fourth-order valence-electron chi connectivity index (χ4n) is 7.72. The summed E-state index contributed by atoms with van der Waals surface area (Å²) in [5.74, 6) is -2.48. The van der Waals surface area contributed by atoms with Crippen LogP contribution in [0.25, 0.3) is 10.8 Å². The lowest BCUT2D eigenvalue weighted by Gasteiger charge is -2.46. The molecule has 0 saturated carbocycles. The number of imide groups is 1. The average Bonchev–Trinajstić information content (AvgIpc) is 3.30. The first-order valence-corrected chi connectivity index (χ1v) is 17.7. The molecule has 0 aliphatic carbocycles. The molecule has 1 spiro atoms. The van der Waals surface area contributed by atoms with Gasteiger partial charge in [-0.05, 0) is 78.1 Å². The minimum atomic E-state index is -2.15. The normalized spacial score (nSPS) is 19.8. The van der Waals surface area contributed by atoms with Crippen molar-refractivity contribution in [2.24, 2.45) is 0 Å². The Morgan fingerprint density at radius 3 is 2.11 bits per heavy atom. The van der Waals surface area contributed by atoms with Gasteiger partial charge >= 0.3 is 12.1 Å². The van der Waals surface area contributed by atoms with E-state index in [0.717, 1.165) is 10.3 Å². The third kappa shape index (κ3) is 6.05. The number of amides is 2. The fraction of sp³-hybridized carbons (Fsp3) is 0.405. The van der Waals surface area contributed by atoms with Crippen LogP contribution in [0.3, 0.4) is 0 Å². The van der Waals surface area contributed by atoms with Gasteiger partial charge in [0.15, 0.2) is 0 Å². The number of anilines is 1. The molecule has 0 aromatic heterocycles. The van der Waals surface area contributed by atoms with E-state index in [-0.39, 0.29) is 29.3 Å². The van der Waals surface area contributed by atoms with Crippen LogP contribution in [-0.2, 0) is 35.3 Å². The van der Waals surface area contributed by atoms with Gasteiger partial charge in [-0.15, -0.1) is 0 Å². The highest BCUT2D eigenvalue weighted by atomic mass is 16.6. The molecule has 2 aliphatic rings. The molecule has 0 bridgehead atoms. The third-order valence-electron chi connectivity index (χ3n) is 9.93. The topological polar surface area (TPSA) is 146 Å². The second-order valence-electron chi connectivity index (χ2n) is 16.8. The first-order valence-electron chi connectivity index (χ1n) is 17.7. The summed E-state index contributed by atoms with van der Waals surface area (Å²) in [5.41, 5.74) is -2.44. The third-order valence-corrected chi connectivity index (χ3v) is 9.93. The van der Waals surface area contributed by atoms with E-state index in [1.165, 1.54) is 18.2 Å². The van der Waals surface area contributed by atoms with Crippen LogP contribution in [-0.4, -0.2) is 46.3 Å². The highest BCUT2D eigenvalue weighted by Gasteiger charge is 2.69. The van der Waals surface area contributed by atoms with Crippen LogP contribution in [0.1, 0.15) is 103 Å². The maximum absolute atomic E-state index is 15.7. The van der Waals surface area contributed by atoms with Crippen molar-refractivity contribution in [2.75, 3.05) is 11.5 Å².